The second kappa shape index (κ2) is 6.67. The highest BCUT2D eigenvalue weighted by Gasteiger charge is 2.24. The Balaban J connectivity index is 1.57. The smallest absolute Gasteiger partial charge is 0.289 e. The Morgan fingerprint density at radius 3 is 2.58 bits per heavy atom. The molecule has 3 aromatic rings. The fraction of sp³-hybridized carbons (Fsp3) is 0.190. The van der Waals surface area contributed by atoms with E-state index < -0.39 is 0 Å². The zero-order chi connectivity index (χ0) is 18.1. The largest absolute Gasteiger partial charge is 0.451 e. The Labute approximate surface area is 151 Å². The van der Waals surface area contributed by atoms with Gasteiger partial charge in [-0.2, -0.15) is 0 Å². The molecule has 2 heterocycles. The molecule has 0 radical (unpaired) electrons. The Kier molecular flexibility index (Phi) is 4.21. The first kappa shape index (κ1) is 16.4. The quantitative estimate of drug-likeness (QED) is 0.696. The molecule has 1 amide bonds. The van der Waals surface area contributed by atoms with E-state index in [2.05, 4.69) is 11.0 Å². The topological polar surface area (TPSA) is 36.7 Å². The van der Waals surface area contributed by atoms with Crippen molar-refractivity contribution in [1.29, 1.82) is 0 Å². The lowest BCUT2D eigenvalue weighted by molar-refractivity contribution is 0.0720. The van der Waals surface area contributed by atoms with E-state index in [1.165, 1.54) is 12.1 Å². The van der Waals surface area contributed by atoms with E-state index >= 15 is 0 Å². The summed E-state index contributed by atoms with van der Waals surface area (Å²) in [7, 11) is 2.03. The molecule has 0 N–H and O–H groups in total. The SMILES string of the molecule is CN1CCN(C(=O)c2ccc(-c3ccc(F)cc3)o2)Cc2ccccc21. The molecule has 4 rings (SSSR count). The van der Waals surface area contributed by atoms with E-state index in [0.29, 0.717) is 24.6 Å². The van der Waals surface area contributed by atoms with Crippen LogP contribution in [0, 0.1) is 5.82 Å². The minimum absolute atomic E-state index is 0.136. The van der Waals surface area contributed by atoms with Crippen molar-refractivity contribution in [2.45, 2.75) is 6.54 Å². The highest BCUT2D eigenvalue weighted by atomic mass is 19.1. The van der Waals surface area contributed by atoms with Gasteiger partial charge in [0.05, 0.1) is 0 Å². The summed E-state index contributed by atoms with van der Waals surface area (Å²) < 4.78 is 18.8. The molecule has 1 aromatic heterocycles. The summed E-state index contributed by atoms with van der Waals surface area (Å²) in [4.78, 5) is 16.9. The molecule has 0 saturated carbocycles. The normalized spacial score (nSPS) is 14.1. The van der Waals surface area contributed by atoms with Gasteiger partial charge in [0.1, 0.15) is 11.6 Å². The standard InChI is InChI=1S/C21H19FN2O2/c1-23-12-13-24(14-16-4-2-3-5-18(16)23)21(25)20-11-10-19(26-20)15-6-8-17(22)9-7-15/h2-11H,12-14H2,1H3. The van der Waals surface area contributed by atoms with Crippen molar-refractivity contribution in [3.63, 3.8) is 0 Å². The summed E-state index contributed by atoms with van der Waals surface area (Å²) in [6.45, 7) is 1.93. The van der Waals surface area contributed by atoms with Gasteiger partial charge in [0.2, 0.25) is 0 Å². The molecule has 26 heavy (non-hydrogen) atoms. The second-order valence-corrected chi connectivity index (χ2v) is 6.45. The van der Waals surface area contributed by atoms with Crippen LogP contribution in [0.4, 0.5) is 10.1 Å². The molecule has 1 aliphatic heterocycles. The summed E-state index contributed by atoms with van der Waals surface area (Å²) in [5, 5.41) is 0. The van der Waals surface area contributed by atoms with Crippen LogP contribution >= 0.6 is 0 Å². The first-order valence-corrected chi connectivity index (χ1v) is 8.56. The number of furan rings is 1. The number of para-hydroxylation sites is 1. The number of likely N-dealkylation sites (N-methyl/N-ethyl adjacent to an activating group) is 1. The van der Waals surface area contributed by atoms with Crippen LogP contribution < -0.4 is 4.90 Å². The first-order chi connectivity index (χ1) is 12.6. The maximum Gasteiger partial charge on any atom is 0.289 e. The van der Waals surface area contributed by atoms with Gasteiger partial charge in [-0.3, -0.25) is 4.79 Å². The van der Waals surface area contributed by atoms with Gasteiger partial charge < -0.3 is 14.2 Å². The van der Waals surface area contributed by atoms with E-state index in [4.69, 9.17) is 4.42 Å². The molecule has 2 aromatic carbocycles. The molecule has 0 saturated heterocycles. The molecule has 0 aliphatic carbocycles. The molecule has 0 fully saturated rings. The summed E-state index contributed by atoms with van der Waals surface area (Å²) >= 11 is 0. The number of hydrogen-bond donors (Lipinski definition) is 0. The van der Waals surface area contributed by atoms with Crippen molar-refractivity contribution in [3.05, 3.63) is 77.8 Å². The highest BCUT2D eigenvalue weighted by molar-refractivity contribution is 5.92. The predicted octanol–water partition coefficient (Wildman–Crippen LogP) is 4.18. The lowest BCUT2D eigenvalue weighted by Gasteiger charge is -2.20. The van der Waals surface area contributed by atoms with Crippen molar-refractivity contribution in [3.8, 4) is 11.3 Å². The van der Waals surface area contributed by atoms with Gasteiger partial charge in [-0.25, -0.2) is 4.39 Å². The minimum Gasteiger partial charge on any atom is -0.451 e. The molecule has 0 spiro atoms. The van der Waals surface area contributed by atoms with Crippen LogP contribution in [0.15, 0.2) is 65.1 Å². The first-order valence-electron chi connectivity index (χ1n) is 8.56. The highest BCUT2D eigenvalue weighted by Crippen LogP contribution is 2.26. The molecular weight excluding hydrogens is 331 g/mol. The Morgan fingerprint density at radius 2 is 1.77 bits per heavy atom. The van der Waals surface area contributed by atoms with Gasteiger partial charge in [-0.1, -0.05) is 18.2 Å². The number of fused-ring (bicyclic) bond motifs is 1. The molecule has 0 unspecified atom stereocenters. The number of hydrogen-bond acceptors (Lipinski definition) is 3. The lowest BCUT2D eigenvalue weighted by Crippen LogP contribution is -2.34. The number of amides is 1. The second-order valence-electron chi connectivity index (χ2n) is 6.45. The van der Waals surface area contributed by atoms with Crippen LogP contribution in [-0.4, -0.2) is 30.9 Å². The maximum atomic E-state index is 13.1. The van der Waals surface area contributed by atoms with Crippen molar-refractivity contribution < 1.29 is 13.6 Å². The van der Waals surface area contributed by atoms with E-state index in [0.717, 1.165) is 23.4 Å². The van der Waals surface area contributed by atoms with E-state index in [9.17, 15) is 9.18 Å². The van der Waals surface area contributed by atoms with Crippen LogP contribution in [0.3, 0.4) is 0 Å². The van der Waals surface area contributed by atoms with Gasteiger partial charge in [-0.15, -0.1) is 0 Å². The van der Waals surface area contributed by atoms with Crippen LogP contribution in [0.5, 0.6) is 0 Å². The molecular formula is C21H19FN2O2. The average molecular weight is 350 g/mol. The molecule has 4 nitrogen and oxygen atoms in total. The van der Waals surface area contributed by atoms with Crippen molar-refractivity contribution in [1.82, 2.24) is 4.90 Å². The van der Waals surface area contributed by atoms with Gasteiger partial charge in [0.25, 0.3) is 5.91 Å². The third-order valence-electron chi connectivity index (χ3n) is 4.70. The number of carbonyl (C=O) groups is 1. The molecule has 0 bridgehead atoms. The minimum atomic E-state index is -0.302. The predicted molar refractivity (Wildman–Crippen MR) is 98.6 cm³/mol. The molecule has 1 aliphatic rings. The summed E-state index contributed by atoms with van der Waals surface area (Å²) in [6.07, 6.45) is 0. The number of benzene rings is 2. The lowest BCUT2D eigenvalue weighted by atomic mass is 10.1. The number of carbonyl (C=O) groups excluding carboxylic acids is 1. The van der Waals surface area contributed by atoms with Gasteiger partial charge in [-0.05, 0) is 48.0 Å². The average Bonchev–Trinajstić information content (AvgIpc) is 3.08. The van der Waals surface area contributed by atoms with Crippen molar-refractivity contribution >= 4 is 11.6 Å². The van der Waals surface area contributed by atoms with Crippen molar-refractivity contribution in [2.24, 2.45) is 0 Å². The fourth-order valence-corrected chi connectivity index (χ4v) is 3.24. The zero-order valence-electron chi connectivity index (χ0n) is 14.5. The summed E-state index contributed by atoms with van der Waals surface area (Å²) in [5.41, 5.74) is 3.01. The number of rotatable bonds is 2. The van der Waals surface area contributed by atoms with Gasteiger partial charge in [0.15, 0.2) is 5.76 Å². The maximum absolute atomic E-state index is 13.1. The Hall–Kier alpha value is -3.08. The van der Waals surface area contributed by atoms with Crippen LogP contribution in [-0.2, 0) is 6.54 Å². The van der Waals surface area contributed by atoms with Crippen LogP contribution in [0.25, 0.3) is 11.3 Å². The van der Waals surface area contributed by atoms with E-state index in [1.807, 2.05) is 25.2 Å². The molecule has 0 atom stereocenters. The Bertz CT molecular complexity index is 933. The number of anilines is 1. The zero-order valence-corrected chi connectivity index (χ0v) is 14.5. The fourth-order valence-electron chi connectivity index (χ4n) is 3.24. The monoisotopic (exact) mass is 350 g/mol. The third kappa shape index (κ3) is 3.08. The van der Waals surface area contributed by atoms with Gasteiger partial charge >= 0.3 is 0 Å². The third-order valence-corrected chi connectivity index (χ3v) is 4.70. The van der Waals surface area contributed by atoms with Crippen LogP contribution in [0.2, 0.25) is 0 Å². The summed E-state index contributed by atoms with van der Waals surface area (Å²) in [5.74, 6) is 0.416. The number of nitrogens with zero attached hydrogens (tertiary/aromatic N) is 2. The number of halogens is 1. The van der Waals surface area contributed by atoms with E-state index in [1.54, 1.807) is 29.2 Å². The van der Waals surface area contributed by atoms with Gasteiger partial charge in [0, 0.05) is 37.9 Å². The summed E-state index contributed by atoms with van der Waals surface area (Å²) in [6, 6.07) is 17.6. The Morgan fingerprint density at radius 1 is 1.00 bits per heavy atom. The molecule has 5 heteroatoms. The molecule has 132 valence electrons. The van der Waals surface area contributed by atoms with E-state index in [-0.39, 0.29) is 11.7 Å². The van der Waals surface area contributed by atoms with Crippen LogP contribution in [0.1, 0.15) is 16.1 Å². The van der Waals surface area contributed by atoms with Crippen molar-refractivity contribution in [2.75, 3.05) is 25.0 Å².